The molecule has 1 aromatic carbocycles. The Balaban J connectivity index is 2.08. The molecule has 7 nitrogen and oxygen atoms in total. The van der Waals surface area contributed by atoms with Crippen molar-refractivity contribution in [2.24, 2.45) is 5.92 Å². The largest absolute Gasteiger partial charge is 0.495 e. The van der Waals surface area contributed by atoms with Gasteiger partial charge in [-0.2, -0.15) is 0 Å². The molecular formula is C27H27BrN2O5. The standard InChI is InChI=1S/C27H27BrN2O5/c1-6-18(28)13-12-16(2)27-22(17-10-8-7-9-11-17)21(25(32)30(3)4)24(31)26(27,33)23-19(34-5)14-29-15-20(23)35-27/h6-15,21-22,33H,2H2,1,3-5H3/b13-12-,18-6+/t21?,22-,26+,27+/m1/s1. The molecule has 1 aliphatic heterocycles. The molecule has 4 atom stereocenters. The summed E-state index contributed by atoms with van der Waals surface area (Å²) in [6, 6.07) is 9.13. The summed E-state index contributed by atoms with van der Waals surface area (Å²) in [6.45, 7) is 6.11. The van der Waals surface area contributed by atoms with Gasteiger partial charge in [-0.05, 0) is 24.1 Å². The number of allylic oxidation sites excluding steroid dienone is 3. The van der Waals surface area contributed by atoms with Crippen LogP contribution in [0.25, 0.3) is 0 Å². The summed E-state index contributed by atoms with van der Waals surface area (Å²) in [5.41, 5.74) is -2.84. The Morgan fingerprint density at radius 3 is 2.54 bits per heavy atom. The smallest absolute Gasteiger partial charge is 0.233 e. The van der Waals surface area contributed by atoms with Gasteiger partial charge in [0.2, 0.25) is 11.5 Å². The molecule has 1 saturated carbocycles. The number of ketones is 1. The van der Waals surface area contributed by atoms with Gasteiger partial charge in [0.1, 0.15) is 17.4 Å². The maximum absolute atomic E-state index is 14.2. The second-order valence-corrected chi connectivity index (χ2v) is 9.67. The molecule has 0 radical (unpaired) electrons. The highest BCUT2D eigenvalue weighted by Crippen LogP contribution is 2.66. The molecule has 1 aliphatic carbocycles. The van der Waals surface area contributed by atoms with Crippen molar-refractivity contribution in [3.63, 3.8) is 0 Å². The lowest BCUT2D eigenvalue weighted by molar-refractivity contribution is -0.149. The third kappa shape index (κ3) is 3.46. The van der Waals surface area contributed by atoms with Crippen LogP contribution >= 0.6 is 15.9 Å². The topological polar surface area (TPSA) is 89.0 Å². The van der Waals surface area contributed by atoms with Gasteiger partial charge in [0.05, 0.1) is 31.0 Å². The fourth-order valence-corrected chi connectivity index (χ4v) is 5.30. The van der Waals surface area contributed by atoms with E-state index in [-0.39, 0.29) is 17.1 Å². The number of hydrogen-bond acceptors (Lipinski definition) is 6. The summed E-state index contributed by atoms with van der Waals surface area (Å²) in [4.78, 5) is 33.2. The van der Waals surface area contributed by atoms with Crippen molar-refractivity contribution >= 4 is 27.6 Å². The number of aromatic nitrogens is 1. The number of fused-ring (bicyclic) bond motifs is 3. The number of benzene rings is 1. The molecule has 0 bridgehead atoms. The summed E-state index contributed by atoms with van der Waals surface area (Å²) >= 11 is 3.45. The van der Waals surface area contributed by atoms with E-state index >= 15 is 0 Å². The number of methoxy groups -OCH3 is 1. The summed E-state index contributed by atoms with van der Waals surface area (Å²) in [5, 5.41) is 12.5. The van der Waals surface area contributed by atoms with Gasteiger partial charge in [-0.15, -0.1) is 0 Å². The van der Waals surface area contributed by atoms with E-state index in [0.29, 0.717) is 11.1 Å². The predicted octanol–water partition coefficient (Wildman–Crippen LogP) is 3.89. The van der Waals surface area contributed by atoms with E-state index in [1.54, 1.807) is 26.2 Å². The quantitative estimate of drug-likeness (QED) is 0.443. The summed E-state index contributed by atoms with van der Waals surface area (Å²) in [5.74, 6) is -2.81. The summed E-state index contributed by atoms with van der Waals surface area (Å²) in [6.07, 6.45) is 8.14. The second kappa shape index (κ2) is 9.09. The number of halogens is 1. The van der Waals surface area contributed by atoms with Crippen molar-refractivity contribution < 1.29 is 24.2 Å². The van der Waals surface area contributed by atoms with Crippen molar-refractivity contribution in [1.82, 2.24) is 9.88 Å². The summed E-state index contributed by atoms with van der Waals surface area (Å²) < 4.78 is 12.8. The summed E-state index contributed by atoms with van der Waals surface area (Å²) in [7, 11) is 4.59. The zero-order chi connectivity index (χ0) is 25.5. The van der Waals surface area contributed by atoms with Gasteiger partial charge in [-0.3, -0.25) is 14.6 Å². The highest BCUT2D eigenvalue weighted by molar-refractivity contribution is 9.11. The molecule has 1 aromatic heterocycles. The van der Waals surface area contributed by atoms with Crippen LogP contribution in [0.5, 0.6) is 11.5 Å². The number of ether oxygens (including phenoxy) is 2. The predicted molar refractivity (Wildman–Crippen MR) is 135 cm³/mol. The van der Waals surface area contributed by atoms with Gasteiger partial charge in [0.25, 0.3) is 0 Å². The Labute approximate surface area is 212 Å². The van der Waals surface area contributed by atoms with Crippen LogP contribution in [0.1, 0.15) is 24.0 Å². The van der Waals surface area contributed by atoms with Crippen molar-refractivity contribution in [3.8, 4) is 11.5 Å². The van der Waals surface area contributed by atoms with Gasteiger partial charge in [-0.1, -0.05) is 65.0 Å². The van der Waals surface area contributed by atoms with Crippen molar-refractivity contribution in [2.45, 2.75) is 24.0 Å². The lowest BCUT2D eigenvalue weighted by Gasteiger charge is -2.39. The maximum Gasteiger partial charge on any atom is 0.233 e. The first kappa shape index (κ1) is 24.9. The molecule has 1 unspecified atom stereocenters. The second-order valence-electron chi connectivity index (χ2n) is 8.76. The number of pyridine rings is 1. The third-order valence-electron chi connectivity index (χ3n) is 6.74. The third-order valence-corrected chi connectivity index (χ3v) is 7.46. The average molecular weight is 539 g/mol. The number of Topliss-reactive ketones (excluding diaryl/α,β-unsaturated/α-hetero) is 1. The Hall–Kier alpha value is -3.23. The van der Waals surface area contributed by atoms with Crippen LogP contribution in [0.15, 0.2) is 77.6 Å². The average Bonchev–Trinajstić information content (AvgIpc) is 3.25. The van der Waals surface area contributed by atoms with Crippen molar-refractivity contribution in [1.29, 1.82) is 0 Å². The van der Waals surface area contributed by atoms with Crippen LogP contribution in [-0.2, 0) is 15.2 Å². The van der Waals surface area contributed by atoms with Crippen LogP contribution in [0.4, 0.5) is 0 Å². The molecule has 4 rings (SSSR count). The number of amides is 1. The lowest BCUT2D eigenvalue weighted by atomic mass is 9.70. The van der Waals surface area contributed by atoms with Crippen LogP contribution in [0.2, 0.25) is 0 Å². The molecular weight excluding hydrogens is 512 g/mol. The van der Waals surface area contributed by atoms with Gasteiger partial charge < -0.3 is 19.5 Å². The van der Waals surface area contributed by atoms with E-state index in [2.05, 4.69) is 27.5 Å². The Kier molecular flexibility index (Phi) is 6.46. The van der Waals surface area contributed by atoms with E-state index in [4.69, 9.17) is 9.47 Å². The number of aliphatic hydroxyl groups is 1. The molecule has 35 heavy (non-hydrogen) atoms. The lowest BCUT2D eigenvalue weighted by Crippen LogP contribution is -2.54. The Morgan fingerprint density at radius 1 is 1.26 bits per heavy atom. The molecule has 1 amide bonds. The molecule has 2 aromatic rings. The number of nitrogens with zero attached hydrogens (tertiary/aromatic N) is 2. The first-order valence-electron chi connectivity index (χ1n) is 11.1. The first-order valence-corrected chi connectivity index (χ1v) is 11.9. The highest BCUT2D eigenvalue weighted by Gasteiger charge is 2.78. The fourth-order valence-electron chi connectivity index (χ4n) is 5.17. The van der Waals surface area contributed by atoms with E-state index in [9.17, 15) is 14.7 Å². The molecule has 2 heterocycles. The van der Waals surface area contributed by atoms with Crippen molar-refractivity contribution in [2.75, 3.05) is 21.2 Å². The van der Waals surface area contributed by atoms with Crippen LogP contribution in [-0.4, -0.2) is 53.5 Å². The van der Waals surface area contributed by atoms with E-state index in [1.165, 1.54) is 24.4 Å². The molecule has 1 N–H and O–H groups in total. The number of carbonyl (C=O) groups is 2. The zero-order valence-electron chi connectivity index (χ0n) is 20.0. The number of hydrogen-bond donors (Lipinski definition) is 1. The van der Waals surface area contributed by atoms with Gasteiger partial charge >= 0.3 is 0 Å². The number of carbonyl (C=O) groups excluding carboxylic acids is 2. The molecule has 0 saturated heterocycles. The van der Waals surface area contributed by atoms with Crippen LogP contribution in [0, 0.1) is 5.92 Å². The molecule has 8 heteroatoms. The Morgan fingerprint density at radius 2 is 1.94 bits per heavy atom. The van der Waals surface area contributed by atoms with Crippen LogP contribution < -0.4 is 9.47 Å². The zero-order valence-corrected chi connectivity index (χ0v) is 21.6. The molecule has 1 fully saturated rings. The molecule has 2 aliphatic rings. The fraction of sp³-hybridized carbons (Fsp3) is 0.296. The first-order chi connectivity index (χ1) is 16.6. The maximum atomic E-state index is 14.2. The van der Waals surface area contributed by atoms with Gasteiger partial charge in [0.15, 0.2) is 11.4 Å². The van der Waals surface area contributed by atoms with E-state index in [1.807, 2.05) is 43.3 Å². The minimum absolute atomic E-state index is 0.148. The molecule has 182 valence electrons. The normalized spacial score (nSPS) is 27.4. The van der Waals surface area contributed by atoms with Crippen LogP contribution in [0.3, 0.4) is 0 Å². The van der Waals surface area contributed by atoms with Gasteiger partial charge in [-0.25, -0.2) is 0 Å². The minimum Gasteiger partial charge on any atom is -0.495 e. The monoisotopic (exact) mass is 538 g/mol. The van der Waals surface area contributed by atoms with E-state index in [0.717, 1.165) is 4.48 Å². The van der Waals surface area contributed by atoms with E-state index < -0.39 is 34.7 Å². The van der Waals surface area contributed by atoms with Gasteiger partial charge in [0, 0.05) is 18.6 Å². The Bertz CT molecular complexity index is 1260. The molecule has 0 spiro atoms. The minimum atomic E-state index is -2.25. The number of rotatable bonds is 6. The highest BCUT2D eigenvalue weighted by atomic mass is 79.9. The SMILES string of the molecule is C=C(/C=C\C(Br)=C/C)[C@@]12Oc3cncc(OC)c3[C@]1(O)C(=O)C(C(=O)N(C)C)[C@H]2c1ccccc1. The van der Waals surface area contributed by atoms with Crippen molar-refractivity contribution in [3.05, 3.63) is 88.7 Å².